The molecule has 2 nitrogen and oxygen atoms in total. The standard InChI is InChI=1S/C62H38N2/c1-2-16-46(17-3-1)63-58-23-9-8-20-51(58)55-36-43(26-31-59(55)63)44-27-33-61-57(38-44)56-37-42(25-32-60(56)64(61)47-28-24-39-12-4-5-13-41(39)35-47)40-14-10-15-45(34-40)48-29-30-54-50-19-7-6-18-49(50)53-22-11-21-52(48)62(53)54/h1-38H. The molecule has 0 unspecified atom stereocenters. The fourth-order valence-corrected chi connectivity index (χ4v) is 10.9. The zero-order valence-corrected chi connectivity index (χ0v) is 34.8. The Hall–Kier alpha value is -8.46. The van der Waals surface area contributed by atoms with Crippen LogP contribution >= 0.6 is 0 Å². The molecule has 296 valence electrons. The summed E-state index contributed by atoms with van der Waals surface area (Å²) in [5.41, 5.74) is 19.7. The van der Waals surface area contributed by atoms with E-state index in [1.165, 1.54) is 126 Å². The fraction of sp³-hybridized carbons (Fsp3) is 0. The van der Waals surface area contributed by atoms with Gasteiger partial charge in [-0.1, -0.05) is 158 Å². The van der Waals surface area contributed by atoms with Gasteiger partial charge in [-0.25, -0.2) is 0 Å². The van der Waals surface area contributed by atoms with Gasteiger partial charge < -0.3 is 9.13 Å². The van der Waals surface area contributed by atoms with E-state index >= 15 is 0 Å². The quantitative estimate of drug-likeness (QED) is 0.164. The zero-order valence-electron chi connectivity index (χ0n) is 34.8. The SMILES string of the molecule is c1ccc(-n2c3ccccc3c3cc(-c4ccc5c(c4)c4cc(-c6cccc(-c7ccc8c9c(cccc79)-c7ccccc7-8)c6)ccc4n5-c4ccc5ccccc5c4)ccc32)cc1. The van der Waals surface area contributed by atoms with Crippen molar-refractivity contribution in [2.45, 2.75) is 0 Å². The molecule has 0 aliphatic heterocycles. The molecule has 1 aliphatic rings. The van der Waals surface area contributed by atoms with Crippen LogP contribution in [0.3, 0.4) is 0 Å². The summed E-state index contributed by atoms with van der Waals surface area (Å²) in [6.07, 6.45) is 0. The van der Waals surface area contributed by atoms with Crippen LogP contribution < -0.4 is 0 Å². The summed E-state index contributed by atoms with van der Waals surface area (Å²) in [6, 6.07) is 85.3. The van der Waals surface area contributed by atoms with Crippen LogP contribution in [0, 0.1) is 0 Å². The van der Waals surface area contributed by atoms with E-state index in [2.05, 4.69) is 240 Å². The second-order valence-corrected chi connectivity index (χ2v) is 17.3. The minimum Gasteiger partial charge on any atom is -0.309 e. The van der Waals surface area contributed by atoms with Gasteiger partial charge in [0.25, 0.3) is 0 Å². The van der Waals surface area contributed by atoms with Crippen molar-refractivity contribution in [3.8, 4) is 67.0 Å². The van der Waals surface area contributed by atoms with Crippen LogP contribution in [0.2, 0.25) is 0 Å². The van der Waals surface area contributed by atoms with Crippen LogP contribution in [0.5, 0.6) is 0 Å². The zero-order chi connectivity index (χ0) is 41.9. The molecular formula is C62H38N2. The molecule has 0 saturated heterocycles. The molecule has 11 aromatic carbocycles. The second-order valence-electron chi connectivity index (χ2n) is 17.3. The predicted molar refractivity (Wildman–Crippen MR) is 271 cm³/mol. The number of fused-ring (bicyclic) bond motifs is 10. The molecule has 0 N–H and O–H groups in total. The number of para-hydroxylation sites is 2. The highest BCUT2D eigenvalue weighted by Gasteiger charge is 2.23. The van der Waals surface area contributed by atoms with E-state index in [4.69, 9.17) is 0 Å². The van der Waals surface area contributed by atoms with E-state index in [0.717, 1.165) is 5.69 Å². The van der Waals surface area contributed by atoms with Crippen LogP contribution in [0.1, 0.15) is 0 Å². The average Bonchev–Trinajstić information content (AvgIpc) is 4.00. The maximum atomic E-state index is 2.45. The van der Waals surface area contributed by atoms with Crippen molar-refractivity contribution >= 4 is 65.2 Å². The van der Waals surface area contributed by atoms with Crippen molar-refractivity contribution in [2.24, 2.45) is 0 Å². The smallest absolute Gasteiger partial charge is 0.0541 e. The second kappa shape index (κ2) is 13.5. The van der Waals surface area contributed by atoms with Gasteiger partial charge in [0.1, 0.15) is 0 Å². The van der Waals surface area contributed by atoms with E-state index in [0.29, 0.717) is 0 Å². The van der Waals surface area contributed by atoms with Crippen LogP contribution in [-0.2, 0) is 0 Å². The van der Waals surface area contributed by atoms with Gasteiger partial charge in [-0.05, 0) is 150 Å². The van der Waals surface area contributed by atoms with Crippen LogP contribution in [0.25, 0.3) is 132 Å². The number of aromatic nitrogens is 2. The molecule has 64 heavy (non-hydrogen) atoms. The lowest BCUT2D eigenvalue weighted by molar-refractivity contribution is 1.18. The van der Waals surface area contributed by atoms with Crippen molar-refractivity contribution in [1.82, 2.24) is 9.13 Å². The van der Waals surface area contributed by atoms with Gasteiger partial charge in [0.05, 0.1) is 22.1 Å². The maximum absolute atomic E-state index is 2.45. The fourth-order valence-electron chi connectivity index (χ4n) is 10.9. The molecule has 14 rings (SSSR count). The molecule has 0 fully saturated rings. The third-order valence-corrected chi connectivity index (χ3v) is 13.8. The molecule has 0 bridgehead atoms. The molecule has 2 aromatic heterocycles. The van der Waals surface area contributed by atoms with E-state index in [-0.39, 0.29) is 0 Å². The molecule has 1 aliphatic carbocycles. The van der Waals surface area contributed by atoms with E-state index in [1.807, 2.05) is 0 Å². The van der Waals surface area contributed by atoms with Crippen molar-refractivity contribution in [1.29, 1.82) is 0 Å². The molecule has 0 saturated carbocycles. The van der Waals surface area contributed by atoms with Crippen LogP contribution in [0.4, 0.5) is 0 Å². The molecule has 0 amide bonds. The van der Waals surface area contributed by atoms with Gasteiger partial charge in [0.2, 0.25) is 0 Å². The van der Waals surface area contributed by atoms with E-state index in [1.54, 1.807) is 0 Å². The summed E-state index contributed by atoms with van der Waals surface area (Å²) in [7, 11) is 0. The first-order chi connectivity index (χ1) is 31.7. The van der Waals surface area contributed by atoms with Gasteiger partial charge >= 0.3 is 0 Å². The Labute approximate surface area is 370 Å². The van der Waals surface area contributed by atoms with Gasteiger partial charge in [-0.3, -0.25) is 0 Å². The molecule has 0 atom stereocenters. The lowest BCUT2D eigenvalue weighted by atomic mass is 9.92. The first-order valence-electron chi connectivity index (χ1n) is 22.2. The molecule has 0 radical (unpaired) electrons. The highest BCUT2D eigenvalue weighted by atomic mass is 15.0. The number of hydrogen-bond donors (Lipinski definition) is 0. The Morgan fingerprint density at radius 2 is 0.719 bits per heavy atom. The summed E-state index contributed by atoms with van der Waals surface area (Å²) in [5.74, 6) is 0. The Morgan fingerprint density at radius 1 is 0.219 bits per heavy atom. The van der Waals surface area contributed by atoms with Crippen molar-refractivity contribution < 1.29 is 0 Å². The Balaban J connectivity index is 0.944. The largest absolute Gasteiger partial charge is 0.309 e. The van der Waals surface area contributed by atoms with Gasteiger partial charge in [0.15, 0.2) is 0 Å². The van der Waals surface area contributed by atoms with Crippen LogP contribution in [0.15, 0.2) is 231 Å². The minimum absolute atomic E-state index is 1.16. The number of nitrogens with zero attached hydrogens (tertiary/aromatic N) is 2. The summed E-state index contributed by atoms with van der Waals surface area (Å²) in [4.78, 5) is 0. The van der Waals surface area contributed by atoms with Crippen LogP contribution in [-0.4, -0.2) is 9.13 Å². The van der Waals surface area contributed by atoms with Crippen molar-refractivity contribution in [3.63, 3.8) is 0 Å². The monoisotopic (exact) mass is 810 g/mol. The topological polar surface area (TPSA) is 9.86 Å². The van der Waals surface area contributed by atoms with Gasteiger partial charge in [0, 0.05) is 32.9 Å². The van der Waals surface area contributed by atoms with Crippen molar-refractivity contribution in [3.05, 3.63) is 231 Å². The number of benzene rings is 11. The molecule has 0 spiro atoms. The maximum Gasteiger partial charge on any atom is 0.0541 e. The molecule has 2 heterocycles. The normalized spacial score (nSPS) is 12.1. The van der Waals surface area contributed by atoms with Crippen molar-refractivity contribution in [2.75, 3.05) is 0 Å². The Morgan fingerprint density at radius 3 is 1.45 bits per heavy atom. The molecular weight excluding hydrogens is 773 g/mol. The predicted octanol–water partition coefficient (Wildman–Crippen LogP) is 16.8. The summed E-state index contributed by atoms with van der Waals surface area (Å²) in [6.45, 7) is 0. The third kappa shape index (κ3) is 5.14. The Bertz CT molecular complexity index is 4040. The minimum atomic E-state index is 1.16. The van der Waals surface area contributed by atoms with Gasteiger partial charge in [-0.15, -0.1) is 0 Å². The third-order valence-electron chi connectivity index (χ3n) is 13.8. The lowest BCUT2D eigenvalue weighted by Gasteiger charge is -2.12. The Kier molecular flexibility index (Phi) is 7.43. The summed E-state index contributed by atoms with van der Waals surface area (Å²) < 4.78 is 4.83. The highest BCUT2D eigenvalue weighted by Crippen LogP contribution is 2.49. The van der Waals surface area contributed by atoms with E-state index in [9.17, 15) is 0 Å². The summed E-state index contributed by atoms with van der Waals surface area (Å²) in [5, 5.41) is 10.1. The number of hydrogen-bond acceptors (Lipinski definition) is 0. The summed E-state index contributed by atoms with van der Waals surface area (Å²) >= 11 is 0. The number of rotatable bonds is 5. The van der Waals surface area contributed by atoms with E-state index < -0.39 is 0 Å². The first-order valence-corrected chi connectivity index (χ1v) is 22.2. The molecule has 13 aromatic rings. The average molecular weight is 811 g/mol. The highest BCUT2D eigenvalue weighted by molar-refractivity contribution is 6.19. The molecule has 2 heteroatoms. The first kappa shape index (κ1) is 35.2. The lowest BCUT2D eigenvalue weighted by Crippen LogP contribution is -1.94. The van der Waals surface area contributed by atoms with Gasteiger partial charge in [-0.2, -0.15) is 0 Å².